The number of aromatic nitrogens is 3. The first-order valence-corrected chi connectivity index (χ1v) is 12.5. The molecule has 0 unspecified atom stereocenters. The van der Waals surface area contributed by atoms with Crippen LogP contribution in [0.2, 0.25) is 0 Å². The minimum Gasteiger partial charge on any atom is -0.465 e. The number of nitriles is 1. The lowest BCUT2D eigenvalue weighted by Gasteiger charge is -2.04. The zero-order valence-electron chi connectivity index (χ0n) is 21.6. The van der Waals surface area contributed by atoms with E-state index in [1.807, 2.05) is 6.07 Å². The van der Waals surface area contributed by atoms with E-state index >= 15 is 0 Å². The van der Waals surface area contributed by atoms with Gasteiger partial charge in [0, 0.05) is 23.9 Å². The van der Waals surface area contributed by atoms with Gasteiger partial charge in [-0.1, -0.05) is 29.3 Å². The highest BCUT2D eigenvalue weighted by Gasteiger charge is 2.12. The van der Waals surface area contributed by atoms with E-state index in [2.05, 4.69) is 52.0 Å². The lowest BCUT2D eigenvalue weighted by Crippen LogP contribution is -2.06. The Balaban J connectivity index is 0.000000285. The number of halogens is 1. The van der Waals surface area contributed by atoms with Gasteiger partial charge in [-0.2, -0.15) is 5.26 Å². The van der Waals surface area contributed by atoms with Crippen molar-refractivity contribution in [1.29, 1.82) is 5.26 Å². The van der Waals surface area contributed by atoms with E-state index in [4.69, 9.17) is 5.26 Å². The summed E-state index contributed by atoms with van der Waals surface area (Å²) in [5.41, 5.74) is 3.41. The van der Waals surface area contributed by atoms with Crippen LogP contribution in [0.15, 0.2) is 55.0 Å². The number of rotatable bonds is 7. The summed E-state index contributed by atoms with van der Waals surface area (Å²) in [4.78, 5) is 45.6. The topological polar surface area (TPSA) is 141 Å². The molecule has 0 amide bonds. The summed E-state index contributed by atoms with van der Waals surface area (Å²) < 4.78 is 13.8. The average Bonchev–Trinajstić information content (AvgIpc) is 2.97. The predicted molar refractivity (Wildman–Crippen MR) is 143 cm³/mol. The van der Waals surface area contributed by atoms with Crippen molar-refractivity contribution < 1.29 is 28.6 Å². The van der Waals surface area contributed by atoms with Crippen molar-refractivity contribution in [1.82, 2.24) is 15.0 Å². The lowest BCUT2D eigenvalue weighted by molar-refractivity contribution is 0.0590. The molecule has 0 atom stereocenters. The highest BCUT2D eigenvalue weighted by Crippen LogP contribution is 2.10. The molecule has 3 aromatic heterocycles. The summed E-state index contributed by atoms with van der Waals surface area (Å²) in [7, 11) is 4.03. The van der Waals surface area contributed by atoms with E-state index in [1.165, 1.54) is 21.3 Å². The van der Waals surface area contributed by atoms with E-state index in [1.54, 1.807) is 55.0 Å². The summed E-state index contributed by atoms with van der Waals surface area (Å²) >= 11 is 3.24. The first kappa shape index (κ1) is 31.9. The van der Waals surface area contributed by atoms with Gasteiger partial charge in [0.15, 0.2) is 0 Å². The molecule has 0 spiro atoms. The number of ether oxygens (including phenoxy) is 3. The number of pyridine rings is 3. The maximum atomic E-state index is 11.2. The molecule has 0 saturated carbocycles. The molecule has 10 nitrogen and oxygen atoms in total. The molecule has 0 bridgehead atoms. The fraction of sp³-hybridized carbons (Fsp3) is 0.296. The Morgan fingerprint density at radius 1 is 0.763 bits per heavy atom. The monoisotopic (exact) mass is 584 g/mol. The third-order valence-electron chi connectivity index (χ3n) is 4.75. The van der Waals surface area contributed by atoms with Gasteiger partial charge >= 0.3 is 17.9 Å². The Bertz CT molecular complexity index is 1250. The number of aryl methyl sites for hydroxylation is 1. The predicted octanol–water partition coefficient (Wildman–Crippen LogP) is 4.52. The minimum atomic E-state index is -0.460. The summed E-state index contributed by atoms with van der Waals surface area (Å²) in [6.07, 6.45) is 6.77. The summed E-state index contributed by atoms with van der Waals surface area (Å²) in [5.74, 6) is -1.12. The number of esters is 3. The van der Waals surface area contributed by atoms with Crippen LogP contribution < -0.4 is 0 Å². The molecular formula is C27H29BrN4O6. The largest absolute Gasteiger partial charge is 0.465 e. The van der Waals surface area contributed by atoms with Crippen molar-refractivity contribution >= 4 is 33.8 Å². The zero-order valence-corrected chi connectivity index (χ0v) is 23.2. The second-order valence-electron chi connectivity index (χ2n) is 7.19. The van der Waals surface area contributed by atoms with Crippen LogP contribution in [0.5, 0.6) is 0 Å². The van der Waals surface area contributed by atoms with E-state index in [0.29, 0.717) is 33.4 Å². The quantitative estimate of drug-likeness (QED) is 0.221. The molecule has 0 saturated heterocycles. The van der Waals surface area contributed by atoms with Crippen LogP contribution in [0.25, 0.3) is 0 Å². The van der Waals surface area contributed by atoms with E-state index < -0.39 is 5.97 Å². The molecule has 0 aliphatic carbocycles. The lowest BCUT2D eigenvalue weighted by atomic mass is 10.1. The highest BCUT2D eigenvalue weighted by molar-refractivity contribution is 9.08. The van der Waals surface area contributed by atoms with Crippen LogP contribution in [-0.2, 0) is 32.4 Å². The number of hydrogen-bond donors (Lipinski definition) is 0. The number of carbonyl (C=O) groups excluding carboxylic acids is 3. The van der Waals surface area contributed by atoms with Gasteiger partial charge in [0.2, 0.25) is 0 Å². The Morgan fingerprint density at radius 3 is 1.55 bits per heavy atom. The van der Waals surface area contributed by atoms with Gasteiger partial charge < -0.3 is 14.2 Å². The van der Waals surface area contributed by atoms with Crippen LogP contribution >= 0.6 is 15.9 Å². The number of methoxy groups -OCH3 is 3. The molecule has 0 N–H and O–H groups in total. The maximum absolute atomic E-state index is 11.2. The summed E-state index contributed by atoms with van der Waals surface area (Å²) in [6.45, 7) is 2.05. The fourth-order valence-corrected chi connectivity index (χ4v) is 3.41. The van der Waals surface area contributed by atoms with Gasteiger partial charge in [0.1, 0.15) is 0 Å². The molecule has 3 heterocycles. The highest BCUT2D eigenvalue weighted by atomic mass is 79.9. The zero-order chi connectivity index (χ0) is 28.3. The van der Waals surface area contributed by atoms with E-state index in [-0.39, 0.29) is 18.4 Å². The van der Waals surface area contributed by atoms with Gasteiger partial charge in [-0.25, -0.2) is 14.4 Å². The van der Waals surface area contributed by atoms with Crippen LogP contribution in [-0.4, -0.2) is 54.2 Å². The second kappa shape index (κ2) is 18.1. The Kier molecular flexibility index (Phi) is 15.2. The molecule has 3 aromatic rings. The van der Waals surface area contributed by atoms with Crippen LogP contribution in [0.4, 0.5) is 0 Å². The van der Waals surface area contributed by atoms with Crippen LogP contribution in [0, 0.1) is 11.3 Å². The fourth-order valence-electron chi connectivity index (χ4n) is 2.96. The summed E-state index contributed by atoms with van der Waals surface area (Å²) in [6, 6.07) is 12.0. The van der Waals surface area contributed by atoms with Crippen molar-refractivity contribution in [3.8, 4) is 6.07 Å². The molecule has 200 valence electrons. The molecule has 0 aliphatic heterocycles. The Morgan fingerprint density at radius 2 is 1.16 bits per heavy atom. The van der Waals surface area contributed by atoms with Gasteiger partial charge in [-0.15, -0.1) is 0 Å². The molecule has 3 rings (SSSR count). The van der Waals surface area contributed by atoms with Crippen LogP contribution in [0.3, 0.4) is 0 Å². The third kappa shape index (κ3) is 10.1. The third-order valence-corrected chi connectivity index (χ3v) is 5.28. The molecule has 0 fully saturated rings. The molecular weight excluding hydrogens is 556 g/mol. The van der Waals surface area contributed by atoms with Crippen molar-refractivity contribution in [2.24, 2.45) is 0 Å². The normalized spacial score (nSPS) is 9.37. The maximum Gasteiger partial charge on any atom is 0.339 e. The van der Waals surface area contributed by atoms with Crippen molar-refractivity contribution in [2.75, 3.05) is 21.3 Å². The second-order valence-corrected chi connectivity index (χ2v) is 7.75. The molecule has 38 heavy (non-hydrogen) atoms. The molecule has 0 aromatic carbocycles. The SMILES string of the molecule is CCCc1ncccc1C(=O)OC.COC(=O)c1cccnc1CBr.COC(=O)c1cccnc1CC#N. The Hall–Kier alpha value is -4.17. The number of alkyl halides is 1. The van der Waals surface area contributed by atoms with Gasteiger partial charge in [0.25, 0.3) is 0 Å². The standard InChI is InChI=1S/C10H13NO2.C9H8N2O2.C8H8BrNO2/c1-3-5-9-8(10(12)13-2)6-4-7-11-9;1-13-9(12)7-3-2-6-11-8(7)4-5-10;1-12-8(11)6-3-2-4-10-7(6)5-9/h4,6-7H,3,5H2,1-2H3;2-3,6H,4H2,1H3;2-4H,5H2,1H3. The van der Waals surface area contributed by atoms with Gasteiger partial charge in [0.05, 0.1) is 67.6 Å². The van der Waals surface area contributed by atoms with E-state index in [9.17, 15) is 14.4 Å². The van der Waals surface area contributed by atoms with Gasteiger partial charge in [-0.3, -0.25) is 15.0 Å². The Labute approximate surface area is 230 Å². The molecule has 11 heteroatoms. The minimum absolute atomic E-state index is 0.116. The first-order chi connectivity index (χ1) is 18.4. The smallest absolute Gasteiger partial charge is 0.339 e. The van der Waals surface area contributed by atoms with Crippen molar-refractivity contribution in [3.63, 3.8) is 0 Å². The van der Waals surface area contributed by atoms with Crippen LogP contribution in [0.1, 0.15) is 61.5 Å². The van der Waals surface area contributed by atoms with Gasteiger partial charge in [-0.05, 0) is 42.8 Å². The van der Waals surface area contributed by atoms with Crippen molar-refractivity contribution in [2.45, 2.75) is 31.5 Å². The summed E-state index contributed by atoms with van der Waals surface area (Å²) in [5, 5.41) is 9.01. The molecule has 0 aliphatic rings. The number of hydrogen-bond acceptors (Lipinski definition) is 10. The van der Waals surface area contributed by atoms with Crippen molar-refractivity contribution in [3.05, 3.63) is 88.8 Å². The first-order valence-electron chi connectivity index (χ1n) is 11.4. The number of nitrogens with zero attached hydrogens (tertiary/aromatic N) is 4. The number of carbonyl (C=O) groups is 3. The van der Waals surface area contributed by atoms with E-state index in [0.717, 1.165) is 18.5 Å². The molecule has 0 radical (unpaired) electrons. The average molecular weight is 585 g/mol.